The molecule has 1 fully saturated rings. The smallest absolute Gasteiger partial charge is 0.0617 e. The second-order valence-corrected chi connectivity index (χ2v) is 6.14. The Morgan fingerprint density at radius 3 is 2.55 bits per heavy atom. The Kier molecular flexibility index (Phi) is 5.58. The lowest BCUT2D eigenvalue weighted by atomic mass is 9.87. The fourth-order valence-electron chi connectivity index (χ4n) is 3.17. The van der Waals surface area contributed by atoms with Crippen molar-refractivity contribution in [2.24, 2.45) is 11.8 Å². The maximum absolute atomic E-state index is 5.79. The predicted molar refractivity (Wildman–Crippen MR) is 83.5 cm³/mol. The van der Waals surface area contributed by atoms with Gasteiger partial charge in [0.25, 0.3) is 0 Å². The third-order valence-corrected chi connectivity index (χ3v) is 4.50. The molecule has 0 aromatic heterocycles. The van der Waals surface area contributed by atoms with Crippen molar-refractivity contribution in [1.82, 2.24) is 5.43 Å². The molecule has 1 aromatic carbocycles. The molecule has 0 spiro atoms. The SMILES string of the molecule is CCC1OCCC1C(Cc1ccc(C(C)C)cc1)NN. The Bertz CT molecular complexity index is 402. The van der Waals surface area contributed by atoms with Gasteiger partial charge < -0.3 is 4.74 Å². The quantitative estimate of drug-likeness (QED) is 0.620. The van der Waals surface area contributed by atoms with Crippen molar-refractivity contribution < 1.29 is 4.74 Å². The van der Waals surface area contributed by atoms with Crippen molar-refractivity contribution in [3.8, 4) is 0 Å². The van der Waals surface area contributed by atoms with Crippen molar-refractivity contribution in [3.05, 3.63) is 35.4 Å². The molecule has 0 aliphatic carbocycles. The van der Waals surface area contributed by atoms with Gasteiger partial charge in [-0.25, -0.2) is 0 Å². The first-order valence-corrected chi connectivity index (χ1v) is 7.82. The molecule has 3 N–H and O–H groups in total. The molecule has 1 heterocycles. The lowest BCUT2D eigenvalue weighted by Gasteiger charge is -2.26. The van der Waals surface area contributed by atoms with E-state index in [4.69, 9.17) is 10.6 Å². The molecule has 2 rings (SSSR count). The molecule has 112 valence electrons. The lowest BCUT2D eigenvalue weighted by molar-refractivity contribution is 0.0775. The molecule has 0 amide bonds. The number of rotatable bonds is 6. The number of nitrogens with two attached hydrogens (primary N) is 1. The fourth-order valence-corrected chi connectivity index (χ4v) is 3.17. The zero-order valence-corrected chi connectivity index (χ0v) is 12.9. The van der Waals surface area contributed by atoms with Crippen molar-refractivity contribution >= 4 is 0 Å². The monoisotopic (exact) mass is 276 g/mol. The van der Waals surface area contributed by atoms with Crippen LogP contribution in [0.4, 0.5) is 0 Å². The van der Waals surface area contributed by atoms with Crippen molar-refractivity contribution in [3.63, 3.8) is 0 Å². The number of benzene rings is 1. The zero-order valence-electron chi connectivity index (χ0n) is 12.9. The maximum Gasteiger partial charge on any atom is 0.0617 e. The van der Waals surface area contributed by atoms with Crippen molar-refractivity contribution in [2.45, 2.75) is 58.1 Å². The van der Waals surface area contributed by atoms with Crippen LogP contribution in [0.1, 0.15) is 50.7 Å². The van der Waals surface area contributed by atoms with Gasteiger partial charge in [0, 0.05) is 18.6 Å². The standard InChI is InChI=1S/C17H28N2O/c1-4-17-15(9-10-20-17)16(19-18)11-13-5-7-14(8-6-13)12(2)3/h5-8,12,15-17,19H,4,9-11,18H2,1-3H3. The number of nitrogens with one attached hydrogen (secondary N) is 1. The summed E-state index contributed by atoms with van der Waals surface area (Å²) in [7, 11) is 0. The van der Waals surface area contributed by atoms with Gasteiger partial charge in [0.2, 0.25) is 0 Å². The van der Waals surface area contributed by atoms with Crippen LogP contribution in [0.3, 0.4) is 0 Å². The van der Waals surface area contributed by atoms with Crippen LogP contribution in [0.15, 0.2) is 24.3 Å². The number of hydrogen-bond donors (Lipinski definition) is 2. The summed E-state index contributed by atoms with van der Waals surface area (Å²) in [5.41, 5.74) is 5.75. The Morgan fingerprint density at radius 2 is 2.00 bits per heavy atom. The zero-order chi connectivity index (χ0) is 14.5. The highest BCUT2D eigenvalue weighted by Crippen LogP contribution is 2.28. The first-order valence-electron chi connectivity index (χ1n) is 7.82. The largest absolute Gasteiger partial charge is 0.378 e. The summed E-state index contributed by atoms with van der Waals surface area (Å²) in [6, 6.07) is 9.23. The summed E-state index contributed by atoms with van der Waals surface area (Å²) in [6.45, 7) is 7.50. The van der Waals surface area contributed by atoms with Gasteiger partial charge in [0.05, 0.1) is 6.10 Å². The highest BCUT2D eigenvalue weighted by Gasteiger charge is 2.33. The maximum atomic E-state index is 5.79. The van der Waals surface area contributed by atoms with E-state index in [-0.39, 0.29) is 0 Å². The second-order valence-electron chi connectivity index (χ2n) is 6.14. The van der Waals surface area contributed by atoms with Gasteiger partial charge in [0.1, 0.15) is 0 Å². The first-order chi connectivity index (χ1) is 9.65. The second kappa shape index (κ2) is 7.21. The summed E-state index contributed by atoms with van der Waals surface area (Å²) in [5.74, 6) is 6.90. The molecule has 1 saturated heterocycles. The molecule has 3 atom stereocenters. The Labute approximate surface area is 122 Å². The molecule has 3 nitrogen and oxygen atoms in total. The van der Waals surface area contributed by atoms with E-state index in [1.165, 1.54) is 11.1 Å². The molecule has 20 heavy (non-hydrogen) atoms. The van der Waals surface area contributed by atoms with Gasteiger partial charge >= 0.3 is 0 Å². The first kappa shape index (κ1) is 15.5. The van der Waals surface area contributed by atoms with E-state index in [9.17, 15) is 0 Å². The molecule has 1 aliphatic heterocycles. The topological polar surface area (TPSA) is 47.3 Å². The third-order valence-electron chi connectivity index (χ3n) is 4.50. The van der Waals surface area contributed by atoms with Crippen molar-refractivity contribution in [1.29, 1.82) is 0 Å². The number of ether oxygens (including phenoxy) is 1. The fraction of sp³-hybridized carbons (Fsp3) is 0.647. The molecule has 0 radical (unpaired) electrons. The van der Waals surface area contributed by atoms with E-state index in [0.717, 1.165) is 25.9 Å². The van der Waals surface area contributed by atoms with Crippen LogP contribution in [-0.4, -0.2) is 18.8 Å². The van der Waals surface area contributed by atoms with E-state index in [2.05, 4.69) is 50.5 Å². The molecule has 0 bridgehead atoms. The van der Waals surface area contributed by atoms with Crippen LogP contribution in [0.2, 0.25) is 0 Å². The van der Waals surface area contributed by atoms with Gasteiger partial charge in [-0.05, 0) is 36.3 Å². The molecular formula is C17H28N2O. The van der Waals surface area contributed by atoms with E-state index < -0.39 is 0 Å². The van der Waals surface area contributed by atoms with Crippen molar-refractivity contribution in [2.75, 3.05) is 6.61 Å². The number of hydrazine groups is 1. The van der Waals surface area contributed by atoms with Crippen LogP contribution in [0.5, 0.6) is 0 Å². The Balaban J connectivity index is 2.02. The van der Waals surface area contributed by atoms with Gasteiger partial charge in [-0.1, -0.05) is 45.0 Å². The molecule has 1 aromatic rings. The summed E-state index contributed by atoms with van der Waals surface area (Å²) in [5, 5.41) is 0. The minimum Gasteiger partial charge on any atom is -0.378 e. The van der Waals surface area contributed by atoms with Gasteiger partial charge in [0.15, 0.2) is 0 Å². The van der Waals surface area contributed by atoms with Gasteiger partial charge in [-0.15, -0.1) is 0 Å². The summed E-state index contributed by atoms with van der Waals surface area (Å²) in [6.07, 6.45) is 3.50. The van der Waals surface area contributed by atoms with Crippen LogP contribution in [0, 0.1) is 5.92 Å². The minimum absolute atomic E-state index is 0.298. The van der Waals surface area contributed by atoms with Crippen LogP contribution in [-0.2, 0) is 11.2 Å². The summed E-state index contributed by atoms with van der Waals surface area (Å²) >= 11 is 0. The third kappa shape index (κ3) is 3.60. The van der Waals surface area contributed by atoms with Crippen LogP contribution >= 0.6 is 0 Å². The normalized spacial score (nSPS) is 24.2. The number of hydrogen-bond acceptors (Lipinski definition) is 3. The summed E-state index contributed by atoms with van der Waals surface area (Å²) in [4.78, 5) is 0. The highest BCUT2D eigenvalue weighted by atomic mass is 16.5. The van der Waals surface area contributed by atoms with E-state index >= 15 is 0 Å². The minimum atomic E-state index is 0.298. The van der Waals surface area contributed by atoms with Gasteiger partial charge in [-0.2, -0.15) is 0 Å². The predicted octanol–water partition coefficient (Wildman–Crippen LogP) is 3.00. The molecule has 0 saturated carbocycles. The van der Waals surface area contributed by atoms with Gasteiger partial charge in [-0.3, -0.25) is 11.3 Å². The Morgan fingerprint density at radius 1 is 1.30 bits per heavy atom. The van der Waals surface area contributed by atoms with Crippen LogP contribution < -0.4 is 11.3 Å². The molecule has 3 unspecified atom stereocenters. The average Bonchev–Trinajstić information content (AvgIpc) is 2.93. The Hall–Kier alpha value is -0.900. The average molecular weight is 276 g/mol. The molecule has 1 aliphatic rings. The summed E-state index contributed by atoms with van der Waals surface area (Å²) < 4.78 is 5.79. The molecule has 3 heteroatoms. The van der Waals surface area contributed by atoms with E-state index in [1.54, 1.807) is 0 Å². The highest BCUT2D eigenvalue weighted by molar-refractivity contribution is 5.25. The van der Waals surface area contributed by atoms with E-state index in [1.807, 2.05) is 0 Å². The lowest BCUT2D eigenvalue weighted by Crippen LogP contribution is -2.45. The van der Waals surface area contributed by atoms with Crippen LogP contribution in [0.25, 0.3) is 0 Å². The molecular weight excluding hydrogens is 248 g/mol. The van der Waals surface area contributed by atoms with E-state index in [0.29, 0.717) is 24.0 Å².